The van der Waals surface area contributed by atoms with Crippen LogP contribution in [0.2, 0.25) is 0 Å². The molecule has 0 aromatic heterocycles. The van der Waals surface area contributed by atoms with Crippen molar-refractivity contribution in [3.63, 3.8) is 0 Å². The van der Waals surface area contributed by atoms with E-state index in [0.29, 0.717) is 13.1 Å². The number of allylic oxidation sites excluding steroid dienone is 1. The van der Waals surface area contributed by atoms with Gasteiger partial charge in [0, 0.05) is 32.3 Å². The van der Waals surface area contributed by atoms with Gasteiger partial charge in [0.05, 0.1) is 6.04 Å². The zero-order chi connectivity index (χ0) is 17.8. The molecule has 2 saturated heterocycles. The Kier molecular flexibility index (Phi) is 5.41. The molecule has 2 heterocycles. The summed E-state index contributed by atoms with van der Waals surface area (Å²) in [6.07, 6.45) is 4.51. The molecule has 1 N–H and O–H groups in total. The summed E-state index contributed by atoms with van der Waals surface area (Å²) in [5.41, 5.74) is 3.38. The number of nitrogens with one attached hydrogen (secondary N) is 1. The van der Waals surface area contributed by atoms with Gasteiger partial charge in [0.1, 0.15) is 0 Å². The van der Waals surface area contributed by atoms with Crippen LogP contribution in [-0.2, 0) is 4.79 Å². The van der Waals surface area contributed by atoms with Crippen molar-refractivity contribution in [2.75, 3.05) is 26.2 Å². The Balaban J connectivity index is 1.70. The second-order valence-corrected chi connectivity index (χ2v) is 6.89. The molecule has 5 nitrogen and oxygen atoms in total. The van der Waals surface area contributed by atoms with Crippen LogP contribution in [0.25, 0.3) is 5.57 Å². The number of nitrogens with zero attached hydrogens (tertiary/aromatic N) is 2. The second-order valence-electron chi connectivity index (χ2n) is 6.89. The highest BCUT2D eigenvalue weighted by Gasteiger charge is 2.32. The molecule has 3 amide bonds. The molecule has 0 saturated carbocycles. The first-order valence-electron chi connectivity index (χ1n) is 9.19. The zero-order valence-corrected chi connectivity index (χ0v) is 15.1. The highest BCUT2D eigenvalue weighted by atomic mass is 16.2. The van der Waals surface area contributed by atoms with Crippen LogP contribution in [0.3, 0.4) is 0 Å². The summed E-state index contributed by atoms with van der Waals surface area (Å²) < 4.78 is 0. The highest BCUT2D eigenvalue weighted by Crippen LogP contribution is 2.21. The minimum atomic E-state index is 0.00347. The molecular weight excluding hydrogens is 314 g/mol. The molecule has 134 valence electrons. The van der Waals surface area contributed by atoms with Gasteiger partial charge in [0.25, 0.3) is 0 Å². The van der Waals surface area contributed by atoms with E-state index in [-0.39, 0.29) is 18.0 Å². The van der Waals surface area contributed by atoms with Crippen molar-refractivity contribution < 1.29 is 9.59 Å². The summed E-state index contributed by atoms with van der Waals surface area (Å²) in [6.45, 7) is 6.99. The Morgan fingerprint density at radius 2 is 2.04 bits per heavy atom. The first kappa shape index (κ1) is 17.5. The van der Waals surface area contributed by atoms with Gasteiger partial charge >= 0.3 is 6.03 Å². The lowest BCUT2D eigenvalue weighted by atomic mass is 10.0. The van der Waals surface area contributed by atoms with E-state index in [1.54, 1.807) is 6.08 Å². The van der Waals surface area contributed by atoms with E-state index in [0.717, 1.165) is 43.5 Å². The molecule has 1 aromatic carbocycles. The number of carbonyl (C=O) groups is 2. The average Bonchev–Trinajstić information content (AvgIpc) is 3.06. The zero-order valence-electron chi connectivity index (χ0n) is 15.1. The van der Waals surface area contributed by atoms with Gasteiger partial charge in [-0.25, -0.2) is 4.79 Å². The third-order valence-corrected chi connectivity index (χ3v) is 5.14. The number of urea groups is 1. The van der Waals surface area contributed by atoms with Crippen LogP contribution in [0, 0.1) is 6.92 Å². The fraction of sp³-hybridized carbons (Fsp3) is 0.500. The molecule has 1 aromatic rings. The SMILES string of the molecule is CC/C(=C\C(=O)N1CCCC(N2CCNC2=O)C1)c1ccc(C)cc1. The number of carbonyl (C=O) groups excluding carboxylic acids is 2. The normalized spacial score (nSPS) is 21.4. The molecule has 0 spiro atoms. The Labute approximate surface area is 149 Å². The standard InChI is InChI=1S/C20H27N3O2/c1-3-16(17-8-6-15(2)7-9-17)13-19(24)22-11-4-5-18(14-22)23-12-10-21-20(23)25/h6-9,13,18H,3-5,10-12,14H2,1-2H3,(H,21,25)/b16-13+. The van der Waals surface area contributed by atoms with Gasteiger partial charge in [-0.2, -0.15) is 0 Å². The molecule has 1 atom stereocenters. The van der Waals surface area contributed by atoms with E-state index in [1.807, 2.05) is 9.80 Å². The van der Waals surface area contributed by atoms with Crippen LogP contribution >= 0.6 is 0 Å². The van der Waals surface area contributed by atoms with Gasteiger partial charge < -0.3 is 15.1 Å². The van der Waals surface area contributed by atoms with Crippen LogP contribution in [0.15, 0.2) is 30.3 Å². The number of hydrogen-bond acceptors (Lipinski definition) is 2. The van der Waals surface area contributed by atoms with Crippen molar-refractivity contribution in [1.29, 1.82) is 0 Å². The lowest BCUT2D eigenvalue weighted by molar-refractivity contribution is -0.127. The molecule has 0 bridgehead atoms. The summed E-state index contributed by atoms with van der Waals surface area (Å²) in [5, 5.41) is 2.85. The smallest absolute Gasteiger partial charge is 0.317 e. The summed E-state index contributed by atoms with van der Waals surface area (Å²) >= 11 is 0. The summed E-state index contributed by atoms with van der Waals surface area (Å²) in [7, 11) is 0. The van der Waals surface area contributed by atoms with Crippen molar-refractivity contribution in [3.8, 4) is 0 Å². The molecule has 2 aliphatic rings. The molecule has 5 heteroatoms. The number of likely N-dealkylation sites (tertiary alicyclic amines) is 1. The van der Waals surface area contributed by atoms with E-state index in [1.165, 1.54) is 5.56 Å². The lowest BCUT2D eigenvalue weighted by Crippen LogP contribution is -2.50. The minimum Gasteiger partial charge on any atom is -0.337 e. The van der Waals surface area contributed by atoms with Crippen LogP contribution in [0.4, 0.5) is 4.79 Å². The largest absolute Gasteiger partial charge is 0.337 e. The van der Waals surface area contributed by atoms with Crippen molar-refractivity contribution in [2.24, 2.45) is 0 Å². The van der Waals surface area contributed by atoms with Crippen molar-refractivity contribution in [1.82, 2.24) is 15.1 Å². The predicted molar refractivity (Wildman–Crippen MR) is 99.2 cm³/mol. The topological polar surface area (TPSA) is 52.7 Å². The lowest BCUT2D eigenvalue weighted by Gasteiger charge is -2.36. The highest BCUT2D eigenvalue weighted by molar-refractivity contribution is 5.95. The minimum absolute atomic E-state index is 0.00347. The predicted octanol–water partition coefficient (Wildman–Crippen LogP) is 2.80. The number of hydrogen-bond donors (Lipinski definition) is 1. The van der Waals surface area contributed by atoms with Crippen molar-refractivity contribution in [2.45, 2.75) is 39.2 Å². The molecule has 0 aliphatic carbocycles. The van der Waals surface area contributed by atoms with E-state index in [4.69, 9.17) is 0 Å². The summed E-state index contributed by atoms with van der Waals surface area (Å²) in [5.74, 6) is 0.0572. The fourth-order valence-corrected chi connectivity index (χ4v) is 3.64. The number of amides is 3. The number of piperidine rings is 1. The Morgan fingerprint density at radius 3 is 2.68 bits per heavy atom. The van der Waals surface area contributed by atoms with Gasteiger partial charge in [0.15, 0.2) is 0 Å². The van der Waals surface area contributed by atoms with E-state index >= 15 is 0 Å². The average molecular weight is 341 g/mol. The molecule has 0 radical (unpaired) electrons. The van der Waals surface area contributed by atoms with Crippen LogP contribution in [0.1, 0.15) is 37.3 Å². The molecule has 25 heavy (non-hydrogen) atoms. The van der Waals surface area contributed by atoms with E-state index < -0.39 is 0 Å². The molecule has 1 unspecified atom stereocenters. The van der Waals surface area contributed by atoms with Gasteiger partial charge in [0.2, 0.25) is 5.91 Å². The maximum Gasteiger partial charge on any atom is 0.317 e. The molecule has 2 aliphatic heterocycles. The first-order valence-corrected chi connectivity index (χ1v) is 9.19. The van der Waals surface area contributed by atoms with E-state index in [9.17, 15) is 9.59 Å². The van der Waals surface area contributed by atoms with Gasteiger partial charge in [-0.05, 0) is 37.3 Å². The Bertz CT molecular complexity index is 666. The van der Waals surface area contributed by atoms with Crippen LogP contribution in [0.5, 0.6) is 0 Å². The van der Waals surface area contributed by atoms with Crippen LogP contribution in [-0.4, -0.2) is 54.0 Å². The number of aryl methyl sites for hydroxylation is 1. The van der Waals surface area contributed by atoms with Gasteiger partial charge in [-0.15, -0.1) is 0 Å². The quantitative estimate of drug-likeness (QED) is 0.856. The molecule has 2 fully saturated rings. The Hall–Kier alpha value is -2.30. The van der Waals surface area contributed by atoms with Crippen molar-refractivity contribution >= 4 is 17.5 Å². The number of benzene rings is 1. The van der Waals surface area contributed by atoms with E-state index in [2.05, 4.69) is 43.4 Å². The van der Waals surface area contributed by atoms with Gasteiger partial charge in [-0.1, -0.05) is 36.8 Å². The molecule has 3 rings (SSSR count). The number of rotatable bonds is 4. The molecular formula is C20H27N3O2. The fourth-order valence-electron chi connectivity index (χ4n) is 3.64. The summed E-state index contributed by atoms with van der Waals surface area (Å²) in [6, 6.07) is 8.44. The van der Waals surface area contributed by atoms with Crippen LogP contribution < -0.4 is 5.32 Å². The van der Waals surface area contributed by atoms with Crippen molar-refractivity contribution in [3.05, 3.63) is 41.5 Å². The maximum atomic E-state index is 12.8. The third kappa shape index (κ3) is 4.03. The third-order valence-electron chi connectivity index (χ3n) is 5.14. The first-order chi connectivity index (χ1) is 12.1. The summed E-state index contributed by atoms with van der Waals surface area (Å²) in [4.78, 5) is 28.4. The second kappa shape index (κ2) is 7.72. The maximum absolute atomic E-state index is 12.8. The monoisotopic (exact) mass is 341 g/mol. The van der Waals surface area contributed by atoms with Gasteiger partial charge in [-0.3, -0.25) is 4.79 Å². The Morgan fingerprint density at radius 1 is 1.28 bits per heavy atom.